The summed E-state index contributed by atoms with van der Waals surface area (Å²) in [5.41, 5.74) is 1.66. The SMILES string of the molecule is O=C(Cn1cc(CC2(O)COC2)nn1)N(Cc1ccccc1)c1ccccc1. The van der Waals surface area contributed by atoms with Gasteiger partial charge >= 0.3 is 0 Å². The average Bonchev–Trinajstić information content (AvgIpc) is 3.13. The van der Waals surface area contributed by atoms with Crippen LogP contribution < -0.4 is 4.90 Å². The zero-order chi connectivity index (χ0) is 19.4. The van der Waals surface area contributed by atoms with Crippen molar-refractivity contribution in [2.75, 3.05) is 18.1 Å². The Morgan fingerprint density at radius 3 is 2.43 bits per heavy atom. The fraction of sp³-hybridized carbons (Fsp3) is 0.286. The van der Waals surface area contributed by atoms with Crippen LogP contribution in [0.25, 0.3) is 0 Å². The van der Waals surface area contributed by atoms with Gasteiger partial charge in [-0.1, -0.05) is 53.7 Å². The lowest BCUT2D eigenvalue weighted by Crippen LogP contribution is -2.51. The summed E-state index contributed by atoms with van der Waals surface area (Å²) in [6.07, 6.45) is 2.08. The summed E-state index contributed by atoms with van der Waals surface area (Å²) < 4.78 is 6.57. The third-order valence-electron chi connectivity index (χ3n) is 4.69. The van der Waals surface area contributed by atoms with Crippen molar-refractivity contribution in [2.24, 2.45) is 0 Å². The van der Waals surface area contributed by atoms with Gasteiger partial charge in [-0.15, -0.1) is 5.10 Å². The van der Waals surface area contributed by atoms with Gasteiger partial charge in [0.1, 0.15) is 12.1 Å². The fourth-order valence-electron chi connectivity index (χ4n) is 3.20. The smallest absolute Gasteiger partial charge is 0.249 e. The predicted octanol–water partition coefficient (Wildman–Crippen LogP) is 1.82. The van der Waals surface area contributed by atoms with Gasteiger partial charge in [-0.3, -0.25) is 4.79 Å². The van der Waals surface area contributed by atoms with Gasteiger partial charge in [-0.25, -0.2) is 4.68 Å². The molecule has 0 radical (unpaired) electrons. The highest BCUT2D eigenvalue weighted by molar-refractivity contribution is 5.93. The van der Waals surface area contributed by atoms with Gasteiger partial charge < -0.3 is 14.7 Å². The maximum atomic E-state index is 13.0. The van der Waals surface area contributed by atoms with E-state index in [1.54, 1.807) is 11.1 Å². The lowest BCUT2D eigenvalue weighted by atomic mass is 9.96. The average molecular weight is 378 g/mol. The number of benzene rings is 2. The van der Waals surface area contributed by atoms with E-state index in [2.05, 4.69) is 10.3 Å². The van der Waals surface area contributed by atoms with Gasteiger partial charge in [0.15, 0.2) is 0 Å². The third kappa shape index (κ3) is 4.27. The first-order valence-electron chi connectivity index (χ1n) is 9.20. The summed E-state index contributed by atoms with van der Waals surface area (Å²) in [4.78, 5) is 14.8. The van der Waals surface area contributed by atoms with E-state index in [-0.39, 0.29) is 12.5 Å². The Hall–Kier alpha value is -3.03. The maximum absolute atomic E-state index is 13.0. The van der Waals surface area contributed by atoms with Crippen LogP contribution in [0.3, 0.4) is 0 Å². The number of carbonyl (C=O) groups is 1. The molecule has 7 nitrogen and oxygen atoms in total. The minimum Gasteiger partial charge on any atom is -0.385 e. The first kappa shape index (κ1) is 18.3. The summed E-state index contributed by atoms with van der Waals surface area (Å²) in [6.45, 7) is 1.15. The van der Waals surface area contributed by atoms with Crippen LogP contribution in [0.2, 0.25) is 0 Å². The monoisotopic (exact) mass is 378 g/mol. The lowest BCUT2D eigenvalue weighted by Gasteiger charge is -2.35. The van der Waals surface area contributed by atoms with Crippen molar-refractivity contribution in [1.82, 2.24) is 15.0 Å². The molecule has 1 aliphatic heterocycles. The summed E-state index contributed by atoms with van der Waals surface area (Å²) in [5, 5.41) is 18.3. The van der Waals surface area contributed by atoms with Gasteiger partial charge in [0.2, 0.25) is 5.91 Å². The molecule has 28 heavy (non-hydrogen) atoms. The quantitative estimate of drug-likeness (QED) is 0.678. The zero-order valence-electron chi connectivity index (χ0n) is 15.4. The van der Waals surface area contributed by atoms with Crippen molar-refractivity contribution in [3.8, 4) is 0 Å². The van der Waals surface area contributed by atoms with Crippen LogP contribution in [-0.2, 0) is 29.0 Å². The van der Waals surface area contributed by atoms with E-state index in [1.807, 2.05) is 60.7 Å². The normalized spacial score (nSPS) is 15.0. The number of carbonyl (C=O) groups excluding carboxylic acids is 1. The molecule has 0 unspecified atom stereocenters. The largest absolute Gasteiger partial charge is 0.385 e. The number of para-hydroxylation sites is 1. The standard InChI is InChI=1S/C21H22N4O3/c26-20(14-24-13-18(22-23-24)11-21(27)15-28-16-21)25(19-9-5-2-6-10-19)12-17-7-3-1-4-8-17/h1-10,13,27H,11-12,14-16H2. The molecule has 0 atom stereocenters. The van der Waals surface area contributed by atoms with Crippen molar-refractivity contribution in [1.29, 1.82) is 0 Å². The number of nitrogens with zero attached hydrogens (tertiary/aromatic N) is 4. The van der Waals surface area contributed by atoms with Crippen molar-refractivity contribution in [3.63, 3.8) is 0 Å². The molecule has 1 saturated heterocycles. The molecule has 144 valence electrons. The third-order valence-corrected chi connectivity index (χ3v) is 4.69. The molecule has 1 aliphatic rings. The Morgan fingerprint density at radius 2 is 1.79 bits per heavy atom. The van der Waals surface area contributed by atoms with Crippen LogP contribution in [0.15, 0.2) is 66.9 Å². The van der Waals surface area contributed by atoms with E-state index in [9.17, 15) is 9.90 Å². The van der Waals surface area contributed by atoms with Gasteiger partial charge in [0.25, 0.3) is 0 Å². The van der Waals surface area contributed by atoms with Crippen molar-refractivity contribution < 1.29 is 14.6 Å². The second-order valence-corrected chi connectivity index (χ2v) is 7.10. The number of amides is 1. The molecule has 1 aromatic heterocycles. The van der Waals surface area contributed by atoms with Gasteiger partial charge in [0, 0.05) is 18.3 Å². The predicted molar refractivity (Wildman–Crippen MR) is 104 cm³/mol. The Bertz CT molecular complexity index is 923. The van der Waals surface area contributed by atoms with Crippen LogP contribution in [0, 0.1) is 0 Å². The van der Waals surface area contributed by atoms with E-state index in [0.717, 1.165) is 11.3 Å². The molecule has 3 aromatic rings. The van der Waals surface area contributed by atoms with Crippen molar-refractivity contribution in [2.45, 2.75) is 25.1 Å². The number of ether oxygens (including phenoxy) is 1. The lowest BCUT2D eigenvalue weighted by molar-refractivity contribution is -0.177. The van der Waals surface area contributed by atoms with Crippen molar-refractivity contribution in [3.05, 3.63) is 78.1 Å². The molecule has 0 aliphatic carbocycles. The maximum Gasteiger partial charge on any atom is 0.249 e. The summed E-state index contributed by atoms with van der Waals surface area (Å²) >= 11 is 0. The molecule has 0 bridgehead atoms. The number of rotatable bonds is 7. The number of aromatic nitrogens is 3. The van der Waals surface area contributed by atoms with E-state index < -0.39 is 5.60 Å². The molecule has 0 spiro atoms. The minimum absolute atomic E-state index is 0.0731. The van der Waals surface area contributed by atoms with E-state index in [1.165, 1.54) is 4.68 Å². The van der Waals surface area contributed by atoms with Gasteiger partial charge in [-0.2, -0.15) is 0 Å². The molecule has 2 aromatic carbocycles. The molecular formula is C21H22N4O3. The Labute approximate surface area is 163 Å². The second kappa shape index (κ2) is 7.92. The fourth-order valence-corrected chi connectivity index (χ4v) is 3.20. The highest BCUT2D eigenvalue weighted by Crippen LogP contribution is 2.21. The summed E-state index contributed by atoms with van der Waals surface area (Å²) in [7, 11) is 0. The first-order valence-corrected chi connectivity index (χ1v) is 9.20. The number of hydrogen-bond donors (Lipinski definition) is 1. The highest BCUT2D eigenvalue weighted by Gasteiger charge is 2.37. The first-order chi connectivity index (χ1) is 13.6. The molecule has 4 rings (SSSR count). The Balaban J connectivity index is 1.48. The zero-order valence-corrected chi connectivity index (χ0v) is 15.4. The van der Waals surface area contributed by atoms with Crippen molar-refractivity contribution >= 4 is 11.6 Å². The topological polar surface area (TPSA) is 80.5 Å². The molecule has 0 saturated carbocycles. The molecule has 1 fully saturated rings. The van der Waals surface area contributed by atoms with Crippen LogP contribution in [0.4, 0.5) is 5.69 Å². The Morgan fingerprint density at radius 1 is 1.11 bits per heavy atom. The molecule has 1 amide bonds. The van der Waals surface area contributed by atoms with Gasteiger partial charge in [-0.05, 0) is 17.7 Å². The molecular weight excluding hydrogens is 356 g/mol. The number of aliphatic hydroxyl groups is 1. The summed E-state index contributed by atoms with van der Waals surface area (Å²) in [6, 6.07) is 19.5. The van der Waals surface area contributed by atoms with Crippen LogP contribution in [0.5, 0.6) is 0 Å². The van der Waals surface area contributed by atoms with Crippen LogP contribution in [0.1, 0.15) is 11.3 Å². The number of anilines is 1. The molecule has 7 heteroatoms. The van der Waals surface area contributed by atoms with Crippen LogP contribution in [-0.4, -0.2) is 44.8 Å². The summed E-state index contributed by atoms with van der Waals surface area (Å²) in [5.74, 6) is -0.0859. The van der Waals surface area contributed by atoms with Gasteiger partial charge in [0.05, 0.1) is 25.5 Å². The molecule has 1 N–H and O–H groups in total. The molecule has 2 heterocycles. The van der Waals surface area contributed by atoms with E-state index >= 15 is 0 Å². The second-order valence-electron chi connectivity index (χ2n) is 7.10. The highest BCUT2D eigenvalue weighted by atomic mass is 16.5. The van der Waals surface area contributed by atoms with Crippen LogP contribution >= 0.6 is 0 Å². The van der Waals surface area contributed by atoms with E-state index in [0.29, 0.717) is 31.9 Å². The van der Waals surface area contributed by atoms with E-state index in [4.69, 9.17) is 4.74 Å². The minimum atomic E-state index is -0.867. The number of hydrogen-bond acceptors (Lipinski definition) is 5. The Kier molecular flexibility index (Phi) is 5.18.